The Labute approximate surface area is 205 Å². The van der Waals surface area contributed by atoms with E-state index in [1.54, 1.807) is 42.6 Å². The number of hydrogen-bond donors (Lipinski definition) is 1. The highest BCUT2D eigenvalue weighted by molar-refractivity contribution is 7.93. The fraction of sp³-hybridized carbons (Fsp3) is 0.143. The lowest BCUT2D eigenvalue weighted by molar-refractivity contribution is 0.0955. The summed E-state index contributed by atoms with van der Waals surface area (Å²) in [6, 6.07) is 25.8. The quantitative estimate of drug-likeness (QED) is 0.293. The molecular weight excluding hydrogens is 458 g/mol. The maximum atomic E-state index is 13.2. The molecule has 0 aromatic heterocycles. The summed E-state index contributed by atoms with van der Waals surface area (Å²) in [6.45, 7) is 4.46. The maximum Gasteiger partial charge on any atom is 0.271 e. The molecule has 1 aliphatic heterocycles. The van der Waals surface area contributed by atoms with Crippen molar-refractivity contribution >= 4 is 38.6 Å². The molecule has 0 atom stereocenters. The van der Waals surface area contributed by atoms with E-state index in [1.165, 1.54) is 9.87 Å². The van der Waals surface area contributed by atoms with Gasteiger partial charge < -0.3 is 0 Å². The number of rotatable bonds is 6. The summed E-state index contributed by atoms with van der Waals surface area (Å²) >= 11 is 0. The van der Waals surface area contributed by atoms with Gasteiger partial charge in [-0.1, -0.05) is 74.5 Å². The number of amides is 1. The lowest BCUT2D eigenvalue weighted by Gasteiger charge is -2.19. The first-order chi connectivity index (χ1) is 16.8. The fourth-order valence-corrected chi connectivity index (χ4v) is 5.95. The van der Waals surface area contributed by atoms with Crippen molar-refractivity contribution in [1.29, 1.82) is 0 Å². The first kappa shape index (κ1) is 22.8. The molecule has 0 saturated heterocycles. The third kappa shape index (κ3) is 4.31. The standard InChI is InChI=1S/C28H25N3O3S/c1-19(2)22-13-9-20(10-14-22)17-29-30-28(32)24-15-11-21(12-16-24)18-31-25-7-3-5-23-6-4-8-26(27(23)25)35(31,33)34/h3-17,19H,18H2,1-2H3,(H,30,32). The number of carbonyl (C=O) groups is 1. The second-order valence-electron chi connectivity index (χ2n) is 8.86. The van der Waals surface area contributed by atoms with Gasteiger partial charge in [-0.3, -0.25) is 9.10 Å². The highest BCUT2D eigenvalue weighted by Gasteiger charge is 2.35. The molecule has 1 N–H and O–H groups in total. The van der Waals surface area contributed by atoms with Crippen molar-refractivity contribution < 1.29 is 13.2 Å². The van der Waals surface area contributed by atoms with Crippen LogP contribution in [0.2, 0.25) is 0 Å². The van der Waals surface area contributed by atoms with Crippen molar-refractivity contribution in [3.8, 4) is 0 Å². The molecule has 5 rings (SSSR count). The van der Waals surface area contributed by atoms with Crippen LogP contribution in [0.1, 0.15) is 46.8 Å². The molecule has 7 heteroatoms. The third-order valence-electron chi connectivity index (χ3n) is 6.21. The summed E-state index contributed by atoms with van der Waals surface area (Å²) in [4.78, 5) is 12.8. The lowest BCUT2D eigenvalue weighted by atomic mass is 10.0. The average Bonchev–Trinajstić information content (AvgIpc) is 3.08. The van der Waals surface area contributed by atoms with Crippen LogP contribution in [0.4, 0.5) is 5.69 Å². The van der Waals surface area contributed by atoms with Gasteiger partial charge in [-0.15, -0.1) is 0 Å². The Morgan fingerprint density at radius 2 is 1.63 bits per heavy atom. The molecule has 0 radical (unpaired) electrons. The highest BCUT2D eigenvalue weighted by Crippen LogP contribution is 2.42. The Morgan fingerprint density at radius 3 is 2.31 bits per heavy atom. The van der Waals surface area contributed by atoms with Crippen LogP contribution >= 0.6 is 0 Å². The molecule has 176 valence electrons. The van der Waals surface area contributed by atoms with E-state index in [-0.39, 0.29) is 12.5 Å². The molecule has 0 saturated carbocycles. The van der Waals surface area contributed by atoms with Crippen molar-refractivity contribution in [3.63, 3.8) is 0 Å². The second-order valence-corrected chi connectivity index (χ2v) is 10.7. The SMILES string of the molecule is CC(C)c1ccc(C=NNC(=O)c2ccc(CN3c4cccc5cccc(c45)S3(=O)=O)cc2)cc1. The predicted octanol–water partition coefficient (Wildman–Crippen LogP) is 5.44. The number of carbonyl (C=O) groups excluding carboxylic acids is 1. The Hall–Kier alpha value is -3.97. The average molecular weight is 484 g/mol. The van der Waals surface area contributed by atoms with Crippen LogP contribution < -0.4 is 9.73 Å². The van der Waals surface area contributed by atoms with Gasteiger partial charge in [0.15, 0.2) is 0 Å². The molecule has 1 aliphatic rings. The predicted molar refractivity (Wildman–Crippen MR) is 139 cm³/mol. The van der Waals surface area contributed by atoms with E-state index in [2.05, 4.69) is 24.4 Å². The van der Waals surface area contributed by atoms with E-state index in [0.29, 0.717) is 22.1 Å². The molecule has 0 bridgehead atoms. The van der Waals surface area contributed by atoms with Crippen LogP contribution in [0.25, 0.3) is 10.8 Å². The number of benzene rings is 4. The molecule has 1 heterocycles. The molecule has 1 amide bonds. The summed E-state index contributed by atoms with van der Waals surface area (Å²) in [5.41, 5.74) is 6.58. The monoisotopic (exact) mass is 483 g/mol. The van der Waals surface area contributed by atoms with Gasteiger partial charge in [0.1, 0.15) is 0 Å². The number of nitrogens with one attached hydrogen (secondary N) is 1. The topological polar surface area (TPSA) is 78.8 Å². The molecule has 0 fully saturated rings. The van der Waals surface area contributed by atoms with Gasteiger partial charge in [0.05, 0.1) is 23.3 Å². The largest absolute Gasteiger partial charge is 0.271 e. The van der Waals surface area contributed by atoms with E-state index >= 15 is 0 Å². The van der Waals surface area contributed by atoms with Crippen molar-refractivity contribution in [2.45, 2.75) is 31.2 Å². The van der Waals surface area contributed by atoms with Crippen LogP contribution in [0.5, 0.6) is 0 Å². The Kier molecular flexibility index (Phi) is 5.86. The summed E-state index contributed by atoms with van der Waals surface area (Å²) in [7, 11) is -3.63. The van der Waals surface area contributed by atoms with Gasteiger partial charge in [-0.25, -0.2) is 13.8 Å². The molecule has 0 spiro atoms. The summed E-state index contributed by atoms with van der Waals surface area (Å²) in [6.07, 6.45) is 1.60. The Morgan fingerprint density at radius 1 is 0.943 bits per heavy atom. The van der Waals surface area contributed by atoms with Crippen LogP contribution in [0.3, 0.4) is 0 Å². The minimum Gasteiger partial charge on any atom is -0.267 e. The Balaban J connectivity index is 1.27. The van der Waals surface area contributed by atoms with E-state index < -0.39 is 10.0 Å². The first-order valence-corrected chi connectivity index (χ1v) is 12.9. The molecule has 0 aliphatic carbocycles. The number of sulfonamides is 1. The third-order valence-corrected chi connectivity index (χ3v) is 8.01. The van der Waals surface area contributed by atoms with Gasteiger partial charge in [-0.2, -0.15) is 5.10 Å². The van der Waals surface area contributed by atoms with Crippen LogP contribution in [-0.2, 0) is 16.6 Å². The van der Waals surface area contributed by atoms with E-state index in [9.17, 15) is 13.2 Å². The maximum absolute atomic E-state index is 13.2. The minimum atomic E-state index is -3.63. The zero-order valence-corrected chi connectivity index (χ0v) is 20.3. The molecular formula is C28H25N3O3S. The molecule has 4 aromatic carbocycles. The van der Waals surface area contributed by atoms with Crippen LogP contribution in [0.15, 0.2) is 94.9 Å². The van der Waals surface area contributed by atoms with Crippen molar-refractivity contribution in [1.82, 2.24) is 5.43 Å². The highest BCUT2D eigenvalue weighted by atomic mass is 32.2. The normalized spacial score (nSPS) is 14.2. The zero-order valence-electron chi connectivity index (χ0n) is 19.5. The zero-order chi connectivity index (χ0) is 24.6. The molecule has 4 aromatic rings. The van der Waals surface area contributed by atoms with Gasteiger partial charge in [0.2, 0.25) is 0 Å². The van der Waals surface area contributed by atoms with Gasteiger partial charge in [0, 0.05) is 10.9 Å². The van der Waals surface area contributed by atoms with Gasteiger partial charge in [-0.05, 0) is 52.3 Å². The van der Waals surface area contributed by atoms with E-state index in [0.717, 1.165) is 21.9 Å². The second kappa shape index (κ2) is 9.00. The van der Waals surface area contributed by atoms with Crippen LogP contribution in [-0.4, -0.2) is 20.5 Å². The smallest absolute Gasteiger partial charge is 0.267 e. The van der Waals surface area contributed by atoms with Crippen molar-refractivity contribution in [2.75, 3.05) is 4.31 Å². The summed E-state index contributed by atoms with van der Waals surface area (Å²) < 4.78 is 27.8. The molecule has 0 unspecified atom stereocenters. The number of hydrogen-bond acceptors (Lipinski definition) is 4. The Bertz CT molecular complexity index is 1540. The van der Waals surface area contributed by atoms with Gasteiger partial charge in [0.25, 0.3) is 15.9 Å². The molecule has 35 heavy (non-hydrogen) atoms. The number of anilines is 1. The fourth-order valence-electron chi connectivity index (χ4n) is 4.25. The van der Waals surface area contributed by atoms with Crippen LogP contribution in [0, 0.1) is 0 Å². The lowest BCUT2D eigenvalue weighted by Crippen LogP contribution is -2.26. The summed E-state index contributed by atoms with van der Waals surface area (Å²) in [5, 5.41) is 5.70. The van der Waals surface area contributed by atoms with Crippen molar-refractivity contribution in [3.05, 3.63) is 107 Å². The van der Waals surface area contributed by atoms with Crippen molar-refractivity contribution in [2.24, 2.45) is 5.10 Å². The number of nitrogens with zero attached hydrogens (tertiary/aromatic N) is 2. The first-order valence-electron chi connectivity index (χ1n) is 11.4. The minimum absolute atomic E-state index is 0.183. The van der Waals surface area contributed by atoms with E-state index in [1.807, 2.05) is 48.5 Å². The van der Waals surface area contributed by atoms with Gasteiger partial charge >= 0.3 is 0 Å². The number of hydrazone groups is 1. The summed E-state index contributed by atoms with van der Waals surface area (Å²) in [5.74, 6) is 0.121. The molecule has 6 nitrogen and oxygen atoms in total. The van der Waals surface area contributed by atoms with E-state index in [4.69, 9.17) is 0 Å².